The van der Waals surface area contributed by atoms with E-state index >= 15 is 0 Å². The normalized spacial score (nSPS) is 13.5. The summed E-state index contributed by atoms with van der Waals surface area (Å²) in [5, 5.41) is 1.22. The van der Waals surface area contributed by atoms with E-state index in [2.05, 4.69) is 4.72 Å². The van der Waals surface area contributed by atoms with Crippen LogP contribution in [-0.2, 0) is 10.0 Å². The van der Waals surface area contributed by atoms with Gasteiger partial charge in [-0.05, 0) is 19.8 Å². The monoisotopic (exact) mass is 191 g/mol. The zero-order valence-electron chi connectivity index (χ0n) is 8.03. The van der Waals surface area contributed by atoms with Gasteiger partial charge in [0.1, 0.15) is 0 Å². The Morgan fingerprint density at radius 1 is 1.17 bits per heavy atom. The molecular formula is C8H17NO2S. The number of hydrogen-bond acceptors (Lipinski definition) is 2. The van der Waals surface area contributed by atoms with Crippen LogP contribution in [0.2, 0.25) is 0 Å². The first-order valence-corrected chi connectivity index (χ1v) is 5.58. The molecule has 0 radical (unpaired) electrons. The molecule has 4 heteroatoms. The van der Waals surface area contributed by atoms with E-state index in [0.717, 1.165) is 0 Å². The number of allylic oxidation sites excluding steroid dienone is 1. The molecule has 0 saturated heterocycles. The molecule has 0 saturated carbocycles. The molecule has 0 fully saturated rings. The van der Waals surface area contributed by atoms with Gasteiger partial charge in [-0.3, -0.25) is 0 Å². The maximum atomic E-state index is 11.1. The SMILES string of the molecule is CC(C)/C=C/S(=O)(=O)NC(C)C. The second-order valence-corrected chi connectivity index (χ2v) is 4.99. The van der Waals surface area contributed by atoms with Gasteiger partial charge in [0.25, 0.3) is 0 Å². The third-order valence-corrected chi connectivity index (χ3v) is 2.36. The average Bonchev–Trinajstić information content (AvgIpc) is 1.81. The fourth-order valence-electron chi connectivity index (χ4n) is 0.628. The Balaban J connectivity index is 4.24. The fraction of sp³-hybridized carbons (Fsp3) is 0.750. The molecular weight excluding hydrogens is 174 g/mol. The summed E-state index contributed by atoms with van der Waals surface area (Å²) in [6.45, 7) is 7.45. The summed E-state index contributed by atoms with van der Waals surface area (Å²) in [5.41, 5.74) is 0. The Morgan fingerprint density at radius 2 is 1.67 bits per heavy atom. The maximum absolute atomic E-state index is 11.1. The summed E-state index contributed by atoms with van der Waals surface area (Å²) in [6.07, 6.45) is 1.66. The summed E-state index contributed by atoms with van der Waals surface area (Å²) >= 11 is 0. The van der Waals surface area contributed by atoms with Crippen LogP contribution >= 0.6 is 0 Å². The minimum Gasteiger partial charge on any atom is -0.209 e. The van der Waals surface area contributed by atoms with Gasteiger partial charge in [0, 0.05) is 11.4 Å². The van der Waals surface area contributed by atoms with Gasteiger partial charge >= 0.3 is 0 Å². The van der Waals surface area contributed by atoms with Crippen molar-refractivity contribution in [3.63, 3.8) is 0 Å². The first kappa shape index (κ1) is 11.6. The lowest BCUT2D eigenvalue weighted by Crippen LogP contribution is -2.28. The maximum Gasteiger partial charge on any atom is 0.233 e. The summed E-state index contributed by atoms with van der Waals surface area (Å²) in [6, 6.07) is -0.0492. The van der Waals surface area contributed by atoms with E-state index in [4.69, 9.17) is 0 Å². The lowest BCUT2D eigenvalue weighted by Gasteiger charge is -2.05. The molecule has 0 heterocycles. The molecule has 0 aliphatic rings. The molecule has 0 aromatic rings. The van der Waals surface area contributed by atoms with Crippen LogP contribution in [0.1, 0.15) is 27.7 Å². The van der Waals surface area contributed by atoms with Gasteiger partial charge in [0.05, 0.1) is 0 Å². The van der Waals surface area contributed by atoms with Crippen LogP contribution in [0, 0.1) is 5.92 Å². The van der Waals surface area contributed by atoms with Crippen molar-refractivity contribution in [1.82, 2.24) is 4.72 Å². The second kappa shape index (κ2) is 4.62. The topological polar surface area (TPSA) is 46.2 Å². The Kier molecular flexibility index (Phi) is 4.49. The van der Waals surface area contributed by atoms with E-state index in [-0.39, 0.29) is 12.0 Å². The predicted octanol–water partition coefficient (Wildman–Crippen LogP) is 1.48. The van der Waals surface area contributed by atoms with Gasteiger partial charge in [-0.1, -0.05) is 19.9 Å². The van der Waals surface area contributed by atoms with Crippen molar-refractivity contribution < 1.29 is 8.42 Å². The van der Waals surface area contributed by atoms with Crippen molar-refractivity contribution in [3.8, 4) is 0 Å². The van der Waals surface area contributed by atoms with Crippen LogP contribution in [0.15, 0.2) is 11.5 Å². The van der Waals surface area contributed by atoms with Crippen LogP contribution in [0.3, 0.4) is 0 Å². The van der Waals surface area contributed by atoms with E-state index in [1.807, 2.05) is 13.8 Å². The molecule has 72 valence electrons. The van der Waals surface area contributed by atoms with Crippen molar-refractivity contribution in [2.24, 2.45) is 5.92 Å². The van der Waals surface area contributed by atoms with Crippen LogP contribution in [0.25, 0.3) is 0 Å². The highest BCUT2D eigenvalue weighted by Gasteiger charge is 2.06. The van der Waals surface area contributed by atoms with Gasteiger partial charge < -0.3 is 0 Å². The van der Waals surface area contributed by atoms with Crippen molar-refractivity contribution in [2.45, 2.75) is 33.7 Å². The first-order valence-electron chi connectivity index (χ1n) is 4.04. The Bertz CT molecular complexity index is 240. The molecule has 1 N–H and O–H groups in total. The molecule has 0 aliphatic carbocycles. The minimum atomic E-state index is -3.21. The van der Waals surface area contributed by atoms with Crippen LogP contribution in [-0.4, -0.2) is 14.5 Å². The van der Waals surface area contributed by atoms with Crippen LogP contribution in [0.4, 0.5) is 0 Å². The lowest BCUT2D eigenvalue weighted by atomic mass is 10.2. The van der Waals surface area contributed by atoms with Gasteiger partial charge in [0.15, 0.2) is 0 Å². The molecule has 0 aromatic carbocycles. The molecule has 12 heavy (non-hydrogen) atoms. The number of rotatable bonds is 4. The highest BCUT2D eigenvalue weighted by atomic mass is 32.2. The van der Waals surface area contributed by atoms with E-state index in [0.29, 0.717) is 0 Å². The predicted molar refractivity (Wildman–Crippen MR) is 51.2 cm³/mol. The van der Waals surface area contributed by atoms with Gasteiger partial charge in [-0.25, -0.2) is 13.1 Å². The quantitative estimate of drug-likeness (QED) is 0.731. The van der Waals surface area contributed by atoms with Crippen molar-refractivity contribution in [1.29, 1.82) is 0 Å². The summed E-state index contributed by atoms with van der Waals surface area (Å²) in [7, 11) is -3.21. The molecule has 0 bridgehead atoms. The standard InChI is InChI=1S/C8H17NO2S/c1-7(2)5-6-12(10,11)9-8(3)4/h5-9H,1-4H3/b6-5+. The lowest BCUT2D eigenvalue weighted by molar-refractivity contribution is 0.578. The number of hydrogen-bond donors (Lipinski definition) is 1. The highest BCUT2D eigenvalue weighted by Crippen LogP contribution is 1.97. The molecule has 0 spiro atoms. The van der Waals surface area contributed by atoms with E-state index in [1.54, 1.807) is 19.9 Å². The fourth-order valence-corrected chi connectivity index (χ4v) is 1.89. The molecule has 0 aliphatic heterocycles. The van der Waals surface area contributed by atoms with Crippen LogP contribution < -0.4 is 4.72 Å². The second-order valence-electron chi connectivity index (χ2n) is 3.39. The van der Waals surface area contributed by atoms with Gasteiger partial charge in [-0.15, -0.1) is 0 Å². The molecule has 0 amide bonds. The van der Waals surface area contributed by atoms with E-state index in [1.165, 1.54) is 5.41 Å². The zero-order valence-corrected chi connectivity index (χ0v) is 8.85. The van der Waals surface area contributed by atoms with E-state index in [9.17, 15) is 8.42 Å². The van der Waals surface area contributed by atoms with Crippen molar-refractivity contribution in [3.05, 3.63) is 11.5 Å². The third-order valence-electron chi connectivity index (χ3n) is 1.04. The van der Waals surface area contributed by atoms with Gasteiger partial charge in [-0.2, -0.15) is 0 Å². The largest absolute Gasteiger partial charge is 0.233 e. The summed E-state index contributed by atoms with van der Waals surface area (Å²) in [4.78, 5) is 0. The van der Waals surface area contributed by atoms with Gasteiger partial charge in [0.2, 0.25) is 10.0 Å². The minimum absolute atomic E-state index is 0.0492. The van der Waals surface area contributed by atoms with Crippen molar-refractivity contribution >= 4 is 10.0 Å². The highest BCUT2D eigenvalue weighted by molar-refractivity contribution is 7.92. The Morgan fingerprint density at radius 3 is 2.00 bits per heavy atom. The molecule has 0 unspecified atom stereocenters. The molecule has 0 aromatic heterocycles. The smallest absolute Gasteiger partial charge is 0.209 e. The van der Waals surface area contributed by atoms with Crippen LogP contribution in [0.5, 0.6) is 0 Å². The Labute approximate surface area is 74.9 Å². The zero-order chi connectivity index (χ0) is 9.78. The first-order chi connectivity index (χ1) is 5.33. The number of sulfonamides is 1. The molecule has 0 atom stereocenters. The number of nitrogens with one attached hydrogen (secondary N) is 1. The third kappa shape index (κ3) is 6.37. The molecule has 0 rings (SSSR count). The van der Waals surface area contributed by atoms with E-state index < -0.39 is 10.0 Å². The average molecular weight is 191 g/mol. The summed E-state index contributed by atoms with van der Waals surface area (Å²) in [5.74, 6) is 0.258. The molecule has 3 nitrogen and oxygen atoms in total. The summed E-state index contributed by atoms with van der Waals surface area (Å²) < 4.78 is 24.8. The Hall–Kier alpha value is -0.350. The van der Waals surface area contributed by atoms with Crippen molar-refractivity contribution in [2.75, 3.05) is 0 Å².